The third-order valence-electron chi connectivity index (χ3n) is 2.84. The first-order chi connectivity index (χ1) is 8.97. The lowest BCUT2D eigenvalue weighted by atomic mass is 10.0. The van der Waals surface area contributed by atoms with Crippen molar-refractivity contribution in [2.75, 3.05) is 11.9 Å². The number of phenols is 1. The third-order valence-corrected chi connectivity index (χ3v) is 2.84. The summed E-state index contributed by atoms with van der Waals surface area (Å²) in [7, 11) is 0. The minimum atomic E-state index is -0.657. The van der Waals surface area contributed by atoms with Crippen molar-refractivity contribution in [2.45, 2.75) is 19.8 Å². The van der Waals surface area contributed by atoms with Gasteiger partial charge < -0.3 is 16.2 Å². The molecular formula is C12H17N3O4. The van der Waals surface area contributed by atoms with E-state index in [1.54, 1.807) is 0 Å². The first-order valence-corrected chi connectivity index (χ1v) is 5.95. The van der Waals surface area contributed by atoms with Crippen LogP contribution in [0.1, 0.15) is 19.8 Å². The van der Waals surface area contributed by atoms with E-state index in [1.807, 2.05) is 6.92 Å². The van der Waals surface area contributed by atoms with Crippen LogP contribution in [0.2, 0.25) is 0 Å². The van der Waals surface area contributed by atoms with Crippen molar-refractivity contribution in [3.63, 3.8) is 0 Å². The molecule has 0 saturated carbocycles. The van der Waals surface area contributed by atoms with Gasteiger partial charge in [-0.25, -0.2) is 0 Å². The summed E-state index contributed by atoms with van der Waals surface area (Å²) in [6, 6.07) is 3.58. The fourth-order valence-electron chi connectivity index (χ4n) is 1.63. The van der Waals surface area contributed by atoms with Crippen LogP contribution in [-0.2, 0) is 4.79 Å². The lowest BCUT2D eigenvalue weighted by Gasteiger charge is -2.12. The van der Waals surface area contributed by atoms with Crippen LogP contribution in [0.15, 0.2) is 18.2 Å². The number of rotatable bonds is 6. The Morgan fingerprint density at radius 3 is 2.79 bits per heavy atom. The number of nitrogens with one attached hydrogen (secondary N) is 1. The van der Waals surface area contributed by atoms with Gasteiger partial charge in [-0.3, -0.25) is 14.9 Å². The number of hydrogen-bond donors (Lipinski definition) is 3. The summed E-state index contributed by atoms with van der Waals surface area (Å²) >= 11 is 0. The molecule has 4 N–H and O–H groups in total. The first kappa shape index (κ1) is 14.9. The second-order valence-corrected chi connectivity index (χ2v) is 4.22. The minimum Gasteiger partial charge on any atom is -0.508 e. The van der Waals surface area contributed by atoms with Gasteiger partial charge in [0.15, 0.2) is 0 Å². The molecule has 7 heteroatoms. The number of aromatic hydroxyl groups is 1. The summed E-state index contributed by atoms with van der Waals surface area (Å²) in [6.45, 7) is 2.31. The van der Waals surface area contributed by atoms with Crippen LogP contribution in [-0.4, -0.2) is 22.5 Å². The van der Waals surface area contributed by atoms with Crippen LogP contribution >= 0.6 is 0 Å². The number of hydrogen-bond acceptors (Lipinski definition) is 5. The lowest BCUT2D eigenvalue weighted by molar-refractivity contribution is -0.384. The fourth-order valence-corrected chi connectivity index (χ4v) is 1.63. The Bertz CT molecular complexity index is 472. The van der Waals surface area contributed by atoms with Crippen molar-refractivity contribution >= 4 is 17.3 Å². The third kappa shape index (κ3) is 4.22. The Hall–Kier alpha value is -2.15. The number of phenolic OH excluding ortho intramolecular Hbond substituents is 1. The van der Waals surface area contributed by atoms with E-state index in [4.69, 9.17) is 5.73 Å². The molecule has 19 heavy (non-hydrogen) atoms. The molecule has 1 rings (SSSR count). The van der Waals surface area contributed by atoms with Crippen molar-refractivity contribution in [3.8, 4) is 5.75 Å². The zero-order valence-electron chi connectivity index (χ0n) is 10.6. The van der Waals surface area contributed by atoms with Gasteiger partial charge in [0, 0.05) is 6.42 Å². The van der Waals surface area contributed by atoms with Crippen LogP contribution in [0.3, 0.4) is 0 Å². The maximum atomic E-state index is 11.7. The van der Waals surface area contributed by atoms with Gasteiger partial charge in [-0.1, -0.05) is 13.3 Å². The number of anilines is 1. The second kappa shape index (κ2) is 6.69. The second-order valence-electron chi connectivity index (χ2n) is 4.22. The average molecular weight is 267 g/mol. The number of nitro groups is 1. The van der Waals surface area contributed by atoms with E-state index in [-0.39, 0.29) is 35.4 Å². The van der Waals surface area contributed by atoms with E-state index < -0.39 is 4.92 Å². The van der Waals surface area contributed by atoms with Gasteiger partial charge in [-0.05, 0) is 24.6 Å². The van der Waals surface area contributed by atoms with E-state index in [9.17, 15) is 20.0 Å². The molecule has 0 aliphatic carbocycles. The van der Waals surface area contributed by atoms with E-state index in [0.717, 1.165) is 12.5 Å². The molecule has 0 aromatic heterocycles. The largest absolute Gasteiger partial charge is 0.508 e. The predicted molar refractivity (Wildman–Crippen MR) is 70.8 cm³/mol. The number of benzene rings is 1. The lowest BCUT2D eigenvalue weighted by Crippen LogP contribution is -2.22. The molecule has 0 fully saturated rings. The van der Waals surface area contributed by atoms with Gasteiger partial charge >= 0.3 is 0 Å². The quantitative estimate of drug-likeness (QED) is 0.411. The zero-order chi connectivity index (χ0) is 14.4. The predicted octanol–water partition coefficient (Wildman–Crippen LogP) is 1.61. The highest BCUT2D eigenvalue weighted by molar-refractivity contribution is 5.93. The summed E-state index contributed by atoms with van der Waals surface area (Å²) in [6.07, 6.45) is 0.979. The molecule has 0 bridgehead atoms. The van der Waals surface area contributed by atoms with Gasteiger partial charge in [0.05, 0.1) is 11.0 Å². The number of nitro benzene ring substituents is 1. The van der Waals surface area contributed by atoms with Crippen LogP contribution < -0.4 is 11.1 Å². The van der Waals surface area contributed by atoms with E-state index in [0.29, 0.717) is 6.54 Å². The molecular weight excluding hydrogens is 250 g/mol. The maximum absolute atomic E-state index is 11.7. The maximum Gasteiger partial charge on any atom is 0.296 e. The van der Waals surface area contributed by atoms with Crippen LogP contribution in [0, 0.1) is 16.0 Å². The molecule has 0 aliphatic rings. The highest BCUT2D eigenvalue weighted by atomic mass is 16.6. The number of amides is 1. The summed E-state index contributed by atoms with van der Waals surface area (Å²) in [5.41, 5.74) is 5.23. The normalized spacial score (nSPS) is 11.9. The van der Waals surface area contributed by atoms with E-state index in [1.165, 1.54) is 12.1 Å². The van der Waals surface area contributed by atoms with Gasteiger partial charge in [0.25, 0.3) is 5.69 Å². The fraction of sp³-hybridized carbons (Fsp3) is 0.417. The topological polar surface area (TPSA) is 118 Å². The molecule has 1 atom stereocenters. The van der Waals surface area contributed by atoms with Crippen molar-refractivity contribution in [3.05, 3.63) is 28.3 Å². The molecule has 0 radical (unpaired) electrons. The molecule has 1 aromatic rings. The Balaban J connectivity index is 2.82. The van der Waals surface area contributed by atoms with Crippen molar-refractivity contribution in [2.24, 2.45) is 11.7 Å². The van der Waals surface area contributed by atoms with Crippen molar-refractivity contribution in [1.82, 2.24) is 0 Å². The molecule has 1 amide bonds. The number of carbonyl (C=O) groups excluding carboxylic acids is 1. The zero-order valence-corrected chi connectivity index (χ0v) is 10.6. The van der Waals surface area contributed by atoms with Gasteiger partial charge in [-0.2, -0.15) is 0 Å². The number of carbonyl (C=O) groups is 1. The molecule has 1 unspecified atom stereocenters. The Morgan fingerprint density at radius 1 is 1.58 bits per heavy atom. The SMILES string of the molecule is CCC(CN)CC(=O)Nc1ccc(O)cc1[N+](=O)[O-]. The van der Waals surface area contributed by atoms with Crippen molar-refractivity contribution < 1.29 is 14.8 Å². The molecule has 0 saturated heterocycles. The summed E-state index contributed by atoms with van der Waals surface area (Å²) in [5, 5.41) is 22.5. The Labute approximate surface area is 110 Å². The van der Waals surface area contributed by atoms with Gasteiger partial charge in [-0.15, -0.1) is 0 Å². The molecule has 1 aromatic carbocycles. The van der Waals surface area contributed by atoms with E-state index >= 15 is 0 Å². The highest BCUT2D eigenvalue weighted by Crippen LogP contribution is 2.28. The average Bonchev–Trinajstić information content (AvgIpc) is 2.37. The Morgan fingerprint density at radius 2 is 2.26 bits per heavy atom. The molecule has 0 spiro atoms. The smallest absolute Gasteiger partial charge is 0.296 e. The minimum absolute atomic E-state index is 0.0520. The molecule has 104 valence electrons. The highest BCUT2D eigenvalue weighted by Gasteiger charge is 2.18. The first-order valence-electron chi connectivity index (χ1n) is 5.95. The van der Waals surface area contributed by atoms with Crippen LogP contribution in [0.25, 0.3) is 0 Å². The molecule has 0 heterocycles. The number of nitrogens with zero attached hydrogens (tertiary/aromatic N) is 1. The monoisotopic (exact) mass is 267 g/mol. The van der Waals surface area contributed by atoms with Crippen LogP contribution in [0.4, 0.5) is 11.4 Å². The molecule has 7 nitrogen and oxygen atoms in total. The molecule has 0 aliphatic heterocycles. The van der Waals surface area contributed by atoms with Gasteiger partial charge in [0.2, 0.25) is 5.91 Å². The standard InChI is InChI=1S/C12H17N3O4/c1-2-8(7-13)5-12(17)14-10-4-3-9(16)6-11(10)15(18)19/h3-4,6,8,16H,2,5,7,13H2,1H3,(H,14,17). The van der Waals surface area contributed by atoms with E-state index in [2.05, 4.69) is 5.32 Å². The number of nitrogens with two attached hydrogens (primary N) is 1. The Kier molecular flexibility index (Phi) is 5.25. The van der Waals surface area contributed by atoms with Gasteiger partial charge in [0.1, 0.15) is 11.4 Å². The summed E-state index contributed by atoms with van der Waals surface area (Å²) in [4.78, 5) is 21.9. The summed E-state index contributed by atoms with van der Waals surface area (Å²) < 4.78 is 0. The van der Waals surface area contributed by atoms with Crippen LogP contribution in [0.5, 0.6) is 5.75 Å². The van der Waals surface area contributed by atoms with Crippen molar-refractivity contribution in [1.29, 1.82) is 0 Å². The summed E-state index contributed by atoms with van der Waals surface area (Å²) in [5.74, 6) is -0.500.